The second-order valence-corrected chi connectivity index (χ2v) is 5.72. The van der Waals surface area contributed by atoms with E-state index in [9.17, 15) is 18.0 Å². The van der Waals surface area contributed by atoms with E-state index < -0.39 is 11.7 Å². The maximum Gasteiger partial charge on any atom is 0.416 e. The molecule has 0 saturated carbocycles. The van der Waals surface area contributed by atoms with Gasteiger partial charge in [-0.3, -0.25) is 4.79 Å². The first-order valence-electron chi connectivity index (χ1n) is 8.07. The molecule has 0 N–H and O–H groups in total. The van der Waals surface area contributed by atoms with Gasteiger partial charge in [0, 0.05) is 6.07 Å². The Morgan fingerprint density at radius 3 is 2.30 bits per heavy atom. The van der Waals surface area contributed by atoms with Gasteiger partial charge in [-0.15, -0.1) is 0 Å². The molecular weight excluding hydrogens is 357 g/mol. The van der Waals surface area contributed by atoms with Gasteiger partial charge in [0.15, 0.2) is 6.29 Å². The topological polar surface area (TPSA) is 35.5 Å². The number of carbonyl (C=O) groups is 1. The molecule has 0 saturated heterocycles. The zero-order valence-electron chi connectivity index (χ0n) is 14.1. The molecule has 0 bridgehead atoms. The van der Waals surface area contributed by atoms with Gasteiger partial charge < -0.3 is 9.47 Å². The fraction of sp³-hybridized carbons (Fsp3) is 0.0952. The van der Waals surface area contributed by atoms with E-state index in [0.29, 0.717) is 18.6 Å². The molecule has 0 aliphatic rings. The van der Waals surface area contributed by atoms with Gasteiger partial charge in [0.1, 0.15) is 23.9 Å². The Kier molecular flexibility index (Phi) is 5.45. The molecule has 0 heterocycles. The number of ether oxygens (including phenoxy) is 2. The maximum absolute atomic E-state index is 12.9. The summed E-state index contributed by atoms with van der Waals surface area (Å²) < 4.78 is 49.9. The third-order valence-corrected chi connectivity index (χ3v) is 3.75. The first-order chi connectivity index (χ1) is 13.0. The highest BCUT2D eigenvalue weighted by atomic mass is 19.4. The molecule has 0 radical (unpaired) electrons. The lowest BCUT2D eigenvalue weighted by molar-refractivity contribution is -0.137. The Bertz CT molecular complexity index is 921. The van der Waals surface area contributed by atoms with Crippen molar-refractivity contribution < 1.29 is 27.4 Å². The van der Waals surface area contributed by atoms with Crippen LogP contribution in [0.3, 0.4) is 0 Å². The first kappa shape index (κ1) is 18.5. The van der Waals surface area contributed by atoms with Crippen LogP contribution in [0.25, 0.3) is 0 Å². The van der Waals surface area contributed by atoms with E-state index in [0.717, 1.165) is 23.8 Å². The van der Waals surface area contributed by atoms with Crippen LogP contribution < -0.4 is 9.47 Å². The summed E-state index contributed by atoms with van der Waals surface area (Å²) in [4.78, 5) is 11.1. The molecule has 0 aliphatic heterocycles. The van der Waals surface area contributed by atoms with Crippen molar-refractivity contribution in [3.63, 3.8) is 0 Å². The van der Waals surface area contributed by atoms with Crippen LogP contribution in [0.1, 0.15) is 21.5 Å². The highest BCUT2D eigenvalue weighted by molar-refractivity contribution is 5.79. The number of halogens is 3. The van der Waals surface area contributed by atoms with E-state index in [4.69, 9.17) is 9.47 Å². The number of hydrogen-bond donors (Lipinski definition) is 0. The number of rotatable bonds is 6. The fourth-order valence-electron chi connectivity index (χ4n) is 2.39. The second-order valence-electron chi connectivity index (χ2n) is 5.72. The van der Waals surface area contributed by atoms with Crippen molar-refractivity contribution in [2.45, 2.75) is 12.8 Å². The highest BCUT2D eigenvalue weighted by Crippen LogP contribution is 2.35. The summed E-state index contributed by atoms with van der Waals surface area (Å²) in [7, 11) is 0. The Morgan fingerprint density at radius 1 is 0.852 bits per heavy atom. The summed E-state index contributed by atoms with van der Waals surface area (Å²) in [5.74, 6) is 0.596. The molecule has 3 rings (SSSR count). The Hall–Kier alpha value is -3.28. The van der Waals surface area contributed by atoms with Crippen molar-refractivity contribution in [1.29, 1.82) is 0 Å². The number of hydrogen-bond acceptors (Lipinski definition) is 3. The lowest BCUT2D eigenvalue weighted by atomic mass is 10.1. The third-order valence-electron chi connectivity index (χ3n) is 3.75. The largest absolute Gasteiger partial charge is 0.489 e. The molecule has 3 aromatic rings. The van der Waals surface area contributed by atoms with Gasteiger partial charge in [0.05, 0.1) is 11.1 Å². The van der Waals surface area contributed by atoms with E-state index in [-0.39, 0.29) is 17.1 Å². The minimum absolute atomic E-state index is 0.0265. The van der Waals surface area contributed by atoms with Gasteiger partial charge in [-0.05, 0) is 35.9 Å². The van der Waals surface area contributed by atoms with Crippen LogP contribution >= 0.6 is 0 Å². The number of alkyl halides is 3. The van der Waals surface area contributed by atoms with Gasteiger partial charge >= 0.3 is 6.18 Å². The smallest absolute Gasteiger partial charge is 0.416 e. The van der Waals surface area contributed by atoms with Gasteiger partial charge in [0.25, 0.3) is 0 Å². The van der Waals surface area contributed by atoms with Crippen molar-refractivity contribution in [2.75, 3.05) is 0 Å². The molecular formula is C21H15F3O3. The molecule has 0 amide bonds. The number of aldehydes is 1. The third kappa shape index (κ3) is 4.88. The van der Waals surface area contributed by atoms with Crippen LogP contribution in [0.2, 0.25) is 0 Å². The lowest BCUT2D eigenvalue weighted by Crippen LogP contribution is -2.05. The predicted molar refractivity (Wildman–Crippen MR) is 94.1 cm³/mol. The zero-order valence-corrected chi connectivity index (χ0v) is 14.1. The van der Waals surface area contributed by atoms with Crippen molar-refractivity contribution >= 4 is 6.29 Å². The minimum Gasteiger partial charge on any atom is -0.489 e. The zero-order chi connectivity index (χ0) is 19.3. The average molecular weight is 372 g/mol. The predicted octanol–water partition coefficient (Wildman–Crippen LogP) is 5.89. The van der Waals surface area contributed by atoms with Crippen molar-refractivity contribution in [3.8, 4) is 17.2 Å². The van der Waals surface area contributed by atoms with Crippen LogP contribution in [-0.4, -0.2) is 6.29 Å². The van der Waals surface area contributed by atoms with Gasteiger partial charge in [-0.25, -0.2) is 0 Å². The molecule has 0 fully saturated rings. The van der Waals surface area contributed by atoms with Crippen LogP contribution in [0.5, 0.6) is 17.2 Å². The first-order valence-corrected chi connectivity index (χ1v) is 8.07. The normalized spacial score (nSPS) is 11.1. The lowest BCUT2D eigenvalue weighted by Gasteiger charge is -2.13. The molecule has 6 heteroatoms. The quantitative estimate of drug-likeness (QED) is 0.506. The Labute approximate surface area is 154 Å². The summed E-state index contributed by atoms with van der Waals surface area (Å²) in [6.07, 6.45) is -4.08. The molecule has 0 atom stereocenters. The van der Waals surface area contributed by atoms with Crippen LogP contribution in [0, 0.1) is 0 Å². The molecule has 0 spiro atoms. The van der Waals surface area contributed by atoms with Gasteiger partial charge in [0.2, 0.25) is 0 Å². The molecule has 27 heavy (non-hydrogen) atoms. The fourth-order valence-corrected chi connectivity index (χ4v) is 2.39. The monoisotopic (exact) mass is 372 g/mol. The van der Waals surface area contributed by atoms with Crippen molar-refractivity contribution in [2.24, 2.45) is 0 Å². The number of carbonyl (C=O) groups excluding carboxylic acids is 1. The molecule has 0 aliphatic carbocycles. The van der Waals surface area contributed by atoms with Crippen LogP contribution in [0.15, 0.2) is 72.8 Å². The summed E-state index contributed by atoms with van der Waals surface area (Å²) >= 11 is 0. The molecule has 138 valence electrons. The summed E-state index contributed by atoms with van der Waals surface area (Å²) in [6, 6.07) is 18.8. The highest BCUT2D eigenvalue weighted by Gasteiger charge is 2.31. The Balaban J connectivity index is 1.79. The van der Waals surface area contributed by atoms with Gasteiger partial charge in [-0.2, -0.15) is 13.2 Å². The SMILES string of the molecule is O=Cc1ccc(C(F)(F)F)cc1Oc1cccc(OCc2ccccc2)c1. The summed E-state index contributed by atoms with van der Waals surface area (Å²) in [6.45, 7) is 0.341. The van der Waals surface area contributed by atoms with E-state index >= 15 is 0 Å². The standard InChI is InChI=1S/C21H15F3O3/c22-21(23,24)17-10-9-16(13-25)20(11-17)27-19-8-4-7-18(12-19)26-14-15-5-2-1-3-6-15/h1-13H,14H2. The van der Waals surface area contributed by atoms with E-state index in [1.54, 1.807) is 24.3 Å². The Morgan fingerprint density at radius 2 is 1.59 bits per heavy atom. The van der Waals surface area contributed by atoms with Crippen LogP contribution in [-0.2, 0) is 12.8 Å². The van der Waals surface area contributed by atoms with Crippen molar-refractivity contribution in [1.82, 2.24) is 0 Å². The second kappa shape index (κ2) is 7.95. The molecule has 0 aromatic heterocycles. The van der Waals surface area contributed by atoms with E-state index in [1.165, 1.54) is 0 Å². The molecule has 3 aromatic carbocycles. The van der Waals surface area contributed by atoms with Gasteiger partial charge in [-0.1, -0.05) is 36.4 Å². The minimum atomic E-state index is -4.53. The van der Waals surface area contributed by atoms with Crippen molar-refractivity contribution in [3.05, 3.63) is 89.5 Å². The molecule has 3 nitrogen and oxygen atoms in total. The summed E-state index contributed by atoms with van der Waals surface area (Å²) in [5, 5.41) is 0. The summed E-state index contributed by atoms with van der Waals surface area (Å²) in [5.41, 5.74) is 0.114. The van der Waals surface area contributed by atoms with E-state index in [2.05, 4.69) is 0 Å². The molecule has 0 unspecified atom stereocenters. The number of benzene rings is 3. The van der Waals surface area contributed by atoms with E-state index in [1.807, 2.05) is 30.3 Å². The maximum atomic E-state index is 12.9. The average Bonchev–Trinajstić information content (AvgIpc) is 2.67. The van der Waals surface area contributed by atoms with Crippen LogP contribution in [0.4, 0.5) is 13.2 Å².